The zero-order chi connectivity index (χ0) is 13.8. The first-order valence-corrected chi connectivity index (χ1v) is 6.07. The summed E-state index contributed by atoms with van der Waals surface area (Å²) in [5.41, 5.74) is 0. The van der Waals surface area contributed by atoms with Gasteiger partial charge in [-0.2, -0.15) is 0 Å². The highest BCUT2D eigenvalue weighted by Gasteiger charge is 2.16. The first-order chi connectivity index (χ1) is 9.15. The van der Waals surface area contributed by atoms with E-state index in [9.17, 15) is 4.79 Å². The second kappa shape index (κ2) is 5.56. The fraction of sp³-hybridized carbons (Fsp3) is 0.286. The van der Waals surface area contributed by atoms with Gasteiger partial charge in [-0.25, -0.2) is 9.78 Å². The van der Waals surface area contributed by atoms with Crippen LogP contribution in [0.2, 0.25) is 0 Å². The van der Waals surface area contributed by atoms with E-state index in [1.165, 1.54) is 0 Å². The second-order valence-electron chi connectivity index (χ2n) is 4.19. The Morgan fingerprint density at radius 3 is 2.89 bits per heavy atom. The molecule has 5 nitrogen and oxygen atoms in total. The molecule has 5 heteroatoms. The van der Waals surface area contributed by atoms with Crippen molar-refractivity contribution in [3.63, 3.8) is 0 Å². The Balaban J connectivity index is 2.44. The molecule has 1 unspecified atom stereocenters. The summed E-state index contributed by atoms with van der Waals surface area (Å²) in [7, 11) is 1.59. The van der Waals surface area contributed by atoms with Crippen LogP contribution >= 0.6 is 0 Å². The van der Waals surface area contributed by atoms with Crippen LogP contribution in [0.3, 0.4) is 0 Å². The maximum absolute atomic E-state index is 11.1. The number of methoxy groups -OCH3 is 1. The van der Waals surface area contributed by atoms with Crippen molar-refractivity contribution in [1.82, 2.24) is 4.98 Å². The average Bonchev–Trinajstić information content (AvgIpc) is 2.43. The zero-order valence-electron chi connectivity index (χ0n) is 10.9. The summed E-state index contributed by atoms with van der Waals surface area (Å²) in [5.74, 6) is 0.391. The average molecular weight is 260 g/mol. The summed E-state index contributed by atoms with van der Waals surface area (Å²) in [5, 5.41) is 13.9. The molecule has 0 aliphatic heterocycles. The standard InChI is InChI=1S/C14H16N2O3/c1-3-12(14(17)18)16-13-11-8-10(19-2)5-4-9(11)6-7-15-13/h4-8,12H,3H2,1-2H3,(H,15,16)(H,17,18). The molecule has 2 rings (SSSR count). The van der Waals surface area contributed by atoms with Crippen LogP contribution in [0.5, 0.6) is 5.75 Å². The normalized spacial score (nSPS) is 12.1. The highest BCUT2D eigenvalue weighted by Crippen LogP contribution is 2.26. The van der Waals surface area contributed by atoms with Gasteiger partial charge in [0, 0.05) is 11.6 Å². The van der Waals surface area contributed by atoms with Gasteiger partial charge in [-0.1, -0.05) is 13.0 Å². The van der Waals surface area contributed by atoms with E-state index in [1.54, 1.807) is 13.3 Å². The van der Waals surface area contributed by atoms with Crippen LogP contribution in [-0.2, 0) is 4.79 Å². The molecule has 0 amide bonds. The lowest BCUT2D eigenvalue weighted by molar-refractivity contribution is -0.137. The van der Waals surface area contributed by atoms with Gasteiger partial charge < -0.3 is 15.2 Å². The molecule has 100 valence electrons. The van der Waals surface area contributed by atoms with E-state index in [0.29, 0.717) is 18.0 Å². The van der Waals surface area contributed by atoms with Crippen LogP contribution in [0.25, 0.3) is 10.8 Å². The molecule has 2 aromatic rings. The molecule has 0 radical (unpaired) electrons. The van der Waals surface area contributed by atoms with Crippen LogP contribution in [-0.4, -0.2) is 29.2 Å². The quantitative estimate of drug-likeness (QED) is 0.864. The van der Waals surface area contributed by atoms with Crippen LogP contribution in [0.4, 0.5) is 5.82 Å². The van der Waals surface area contributed by atoms with E-state index in [2.05, 4.69) is 10.3 Å². The Hall–Kier alpha value is -2.30. The minimum Gasteiger partial charge on any atom is -0.497 e. The number of ether oxygens (including phenoxy) is 1. The summed E-state index contributed by atoms with van der Waals surface area (Å²) in [6.07, 6.45) is 2.14. The van der Waals surface area contributed by atoms with Crippen molar-refractivity contribution in [1.29, 1.82) is 0 Å². The summed E-state index contributed by atoms with van der Waals surface area (Å²) in [4.78, 5) is 15.3. The van der Waals surface area contributed by atoms with Gasteiger partial charge in [0.1, 0.15) is 17.6 Å². The van der Waals surface area contributed by atoms with Gasteiger partial charge in [0.15, 0.2) is 0 Å². The van der Waals surface area contributed by atoms with Gasteiger partial charge in [0.2, 0.25) is 0 Å². The van der Waals surface area contributed by atoms with Gasteiger partial charge in [0.05, 0.1) is 7.11 Å². The molecule has 1 aromatic carbocycles. The first kappa shape index (κ1) is 13.1. The van der Waals surface area contributed by atoms with Gasteiger partial charge in [-0.3, -0.25) is 0 Å². The number of fused-ring (bicyclic) bond motifs is 1. The van der Waals surface area contributed by atoms with Crippen molar-refractivity contribution < 1.29 is 14.6 Å². The number of rotatable bonds is 5. The van der Waals surface area contributed by atoms with Gasteiger partial charge >= 0.3 is 5.97 Å². The van der Waals surface area contributed by atoms with Crippen molar-refractivity contribution >= 4 is 22.6 Å². The SMILES string of the molecule is CCC(Nc1nccc2ccc(OC)cc12)C(=O)O. The fourth-order valence-electron chi connectivity index (χ4n) is 1.89. The topological polar surface area (TPSA) is 71.5 Å². The number of hydrogen-bond acceptors (Lipinski definition) is 4. The summed E-state index contributed by atoms with van der Waals surface area (Å²) >= 11 is 0. The Labute approximate surface area is 111 Å². The van der Waals surface area contributed by atoms with Crippen molar-refractivity contribution in [2.75, 3.05) is 12.4 Å². The highest BCUT2D eigenvalue weighted by molar-refractivity contribution is 5.94. The Morgan fingerprint density at radius 1 is 1.47 bits per heavy atom. The molecule has 0 aliphatic rings. The third-order valence-corrected chi connectivity index (χ3v) is 2.99. The molecule has 0 spiro atoms. The Bertz CT molecular complexity index is 598. The number of carboxylic acids is 1. The monoisotopic (exact) mass is 260 g/mol. The molecule has 1 aromatic heterocycles. The summed E-state index contributed by atoms with van der Waals surface area (Å²) < 4.78 is 5.18. The number of aliphatic carboxylic acids is 1. The molecular weight excluding hydrogens is 244 g/mol. The lowest BCUT2D eigenvalue weighted by Gasteiger charge is -2.15. The molecule has 0 saturated carbocycles. The molecule has 0 bridgehead atoms. The first-order valence-electron chi connectivity index (χ1n) is 6.07. The molecule has 0 fully saturated rings. The lowest BCUT2D eigenvalue weighted by Crippen LogP contribution is -2.28. The number of nitrogens with one attached hydrogen (secondary N) is 1. The third-order valence-electron chi connectivity index (χ3n) is 2.99. The Morgan fingerprint density at radius 2 is 2.26 bits per heavy atom. The summed E-state index contributed by atoms with van der Waals surface area (Å²) in [6.45, 7) is 1.82. The fourth-order valence-corrected chi connectivity index (χ4v) is 1.89. The van der Waals surface area contributed by atoms with Crippen LogP contribution in [0, 0.1) is 0 Å². The van der Waals surface area contributed by atoms with E-state index in [4.69, 9.17) is 9.84 Å². The van der Waals surface area contributed by atoms with Gasteiger partial charge in [-0.15, -0.1) is 0 Å². The van der Waals surface area contributed by atoms with Crippen molar-refractivity contribution in [2.24, 2.45) is 0 Å². The van der Waals surface area contributed by atoms with Crippen LogP contribution < -0.4 is 10.1 Å². The molecule has 1 heterocycles. The molecule has 0 saturated heterocycles. The molecule has 1 atom stereocenters. The number of nitrogens with zero attached hydrogens (tertiary/aromatic N) is 1. The maximum Gasteiger partial charge on any atom is 0.326 e. The number of pyridine rings is 1. The predicted molar refractivity (Wildman–Crippen MR) is 73.6 cm³/mol. The number of benzene rings is 1. The third kappa shape index (κ3) is 2.76. The number of carbonyl (C=O) groups is 1. The highest BCUT2D eigenvalue weighted by atomic mass is 16.5. The maximum atomic E-state index is 11.1. The van der Waals surface area contributed by atoms with E-state index in [1.807, 2.05) is 31.2 Å². The lowest BCUT2D eigenvalue weighted by atomic mass is 10.1. The molecular formula is C14H16N2O3. The van der Waals surface area contributed by atoms with Crippen LogP contribution in [0.1, 0.15) is 13.3 Å². The van der Waals surface area contributed by atoms with Crippen molar-refractivity contribution in [3.8, 4) is 5.75 Å². The number of anilines is 1. The second-order valence-corrected chi connectivity index (χ2v) is 4.19. The molecule has 2 N–H and O–H groups in total. The Kier molecular flexibility index (Phi) is 3.85. The van der Waals surface area contributed by atoms with Crippen molar-refractivity contribution in [3.05, 3.63) is 30.5 Å². The van der Waals surface area contributed by atoms with Crippen LogP contribution in [0.15, 0.2) is 30.5 Å². The van der Waals surface area contributed by atoms with E-state index in [0.717, 1.165) is 10.8 Å². The number of carboxylic acid groups (broad SMARTS) is 1. The van der Waals surface area contributed by atoms with Crippen molar-refractivity contribution in [2.45, 2.75) is 19.4 Å². The van der Waals surface area contributed by atoms with Gasteiger partial charge in [0.25, 0.3) is 0 Å². The minimum absolute atomic E-state index is 0.484. The van der Waals surface area contributed by atoms with E-state index < -0.39 is 12.0 Å². The smallest absolute Gasteiger partial charge is 0.326 e. The zero-order valence-corrected chi connectivity index (χ0v) is 10.9. The largest absolute Gasteiger partial charge is 0.497 e. The molecule has 19 heavy (non-hydrogen) atoms. The number of aromatic nitrogens is 1. The van der Waals surface area contributed by atoms with Gasteiger partial charge in [-0.05, 0) is 30.0 Å². The van der Waals surface area contributed by atoms with E-state index in [-0.39, 0.29) is 0 Å². The van der Waals surface area contributed by atoms with E-state index >= 15 is 0 Å². The molecule has 0 aliphatic carbocycles. The minimum atomic E-state index is -0.885. The number of hydrogen-bond donors (Lipinski definition) is 2. The summed E-state index contributed by atoms with van der Waals surface area (Å²) in [6, 6.07) is 6.86. The predicted octanol–water partition coefficient (Wildman–Crippen LogP) is 2.52.